The van der Waals surface area contributed by atoms with Gasteiger partial charge in [0.05, 0.1) is 5.70 Å². The van der Waals surface area contributed by atoms with Gasteiger partial charge < -0.3 is 5.73 Å². The summed E-state index contributed by atoms with van der Waals surface area (Å²) in [6, 6.07) is 0. The van der Waals surface area contributed by atoms with Crippen LogP contribution < -0.4 is 5.73 Å². The summed E-state index contributed by atoms with van der Waals surface area (Å²) in [5.41, 5.74) is 4.15. The highest BCUT2D eigenvalue weighted by atomic mass is 19.1. The van der Waals surface area contributed by atoms with E-state index in [-0.39, 0.29) is 5.70 Å². The Morgan fingerprint density at radius 1 is 1.54 bits per heavy atom. The van der Waals surface area contributed by atoms with Gasteiger partial charge >= 0.3 is 0 Å². The van der Waals surface area contributed by atoms with Crippen molar-refractivity contribution in [2.24, 2.45) is 5.73 Å². The lowest BCUT2D eigenvalue weighted by Gasteiger charge is -2.12. The molecule has 0 unspecified atom stereocenters. The molecular formula is C10H17F2N. The van der Waals surface area contributed by atoms with Crippen molar-refractivity contribution in [1.29, 1.82) is 0 Å². The second kappa shape index (κ2) is 5.00. The van der Waals surface area contributed by atoms with E-state index in [1.54, 1.807) is 0 Å². The van der Waals surface area contributed by atoms with Gasteiger partial charge in [-0.3, -0.25) is 0 Å². The molecule has 0 saturated heterocycles. The van der Waals surface area contributed by atoms with Gasteiger partial charge in [0.15, 0.2) is 0 Å². The Hall–Kier alpha value is -0.860. The molecule has 0 heterocycles. The van der Waals surface area contributed by atoms with E-state index in [9.17, 15) is 8.78 Å². The standard InChI is InChI=1S/C10H17F2N/c1-8(11)9(13)6-4-5-7-10(2,3)12/h6H,1,4-5,7,13H2,2-3H3/b9-6+. The molecule has 0 saturated carbocycles. The predicted octanol–water partition coefficient (Wildman–Crippen LogP) is 3.23. The minimum atomic E-state index is -1.16. The molecule has 0 aliphatic rings. The van der Waals surface area contributed by atoms with Crippen molar-refractivity contribution in [3.05, 3.63) is 24.2 Å². The van der Waals surface area contributed by atoms with Gasteiger partial charge in [-0.2, -0.15) is 0 Å². The van der Waals surface area contributed by atoms with Crippen molar-refractivity contribution >= 4 is 0 Å². The van der Waals surface area contributed by atoms with Crippen LogP contribution in [-0.4, -0.2) is 5.67 Å². The van der Waals surface area contributed by atoms with Crippen LogP contribution in [-0.2, 0) is 0 Å². The number of halogens is 2. The first-order valence-electron chi connectivity index (χ1n) is 4.32. The molecule has 0 aromatic carbocycles. The van der Waals surface area contributed by atoms with Crippen LogP contribution in [0.25, 0.3) is 0 Å². The van der Waals surface area contributed by atoms with Crippen molar-refractivity contribution in [1.82, 2.24) is 0 Å². The van der Waals surface area contributed by atoms with Crippen LogP contribution in [0.4, 0.5) is 8.78 Å². The Balaban J connectivity index is 3.68. The highest BCUT2D eigenvalue weighted by Gasteiger charge is 2.13. The molecule has 0 aromatic rings. The van der Waals surface area contributed by atoms with Gasteiger partial charge in [-0.25, -0.2) is 8.78 Å². The zero-order chi connectivity index (χ0) is 10.5. The van der Waals surface area contributed by atoms with Crippen LogP contribution in [0.15, 0.2) is 24.2 Å². The Morgan fingerprint density at radius 3 is 2.46 bits per heavy atom. The summed E-state index contributed by atoms with van der Waals surface area (Å²) < 4.78 is 25.2. The fourth-order valence-electron chi connectivity index (χ4n) is 0.891. The Morgan fingerprint density at radius 2 is 2.08 bits per heavy atom. The van der Waals surface area contributed by atoms with Crippen LogP contribution in [0.2, 0.25) is 0 Å². The van der Waals surface area contributed by atoms with Gasteiger partial charge in [0.25, 0.3) is 0 Å². The molecule has 2 N–H and O–H groups in total. The second-order valence-corrected chi connectivity index (χ2v) is 3.68. The van der Waals surface area contributed by atoms with E-state index in [4.69, 9.17) is 5.73 Å². The van der Waals surface area contributed by atoms with E-state index in [1.165, 1.54) is 19.9 Å². The Kier molecular flexibility index (Phi) is 4.67. The summed E-state index contributed by atoms with van der Waals surface area (Å²) >= 11 is 0. The number of hydrogen-bond donors (Lipinski definition) is 1. The maximum Gasteiger partial charge on any atom is 0.138 e. The Labute approximate surface area is 78.3 Å². The normalized spacial score (nSPS) is 13.1. The van der Waals surface area contributed by atoms with Gasteiger partial charge in [0, 0.05) is 0 Å². The number of rotatable bonds is 5. The SMILES string of the molecule is C=C(F)/C(N)=C\CCCC(C)(C)F. The van der Waals surface area contributed by atoms with Crippen LogP contribution in [0.3, 0.4) is 0 Å². The minimum absolute atomic E-state index is 0.0525. The van der Waals surface area contributed by atoms with Crippen molar-refractivity contribution in [2.45, 2.75) is 38.8 Å². The number of allylic oxidation sites excluding steroid dienone is 2. The van der Waals surface area contributed by atoms with E-state index in [2.05, 4.69) is 6.58 Å². The number of hydrogen-bond acceptors (Lipinski definition) is 1. The zero-order valence-corrected chi connectivity index (χ0v) is 8.24. The molecule has 0 rings (SSSR count). The molecule has 0 atom stereocenters. The summed E-state index contributed by atoms with van der Waals surface area (Å²) in [6.45, 7) is 6.09. The predicted molar refractivity (Wildman–Crippen MR) is 51.6 cm³/mol. The fraction of sp³-hybridized carbons (Fsp3) is 0.600. The molecule has 0 bridgehead atoms. The molecule has 0 fully saturated rings. The van der Waals surface area contributed by atoms with Crippen molar-refractivity contribution in [3.63, 3.8) is 0 Å². The summed E-state index contributed by atoms with van der Waals surface area (Å²) in [6.07, 6.45) is 3.24. The number of nitrogens with two attached hydrogens (primary N) is 1. The van der Waals surface area contributed by atoms with Gasteiger partial charge in [0.1, 0.15) is 11.5 Å². The zero-order valence-electron chi connectivity index (χ0n) is 8.24. The minimum Gasteiger partial charge on any atom is -0.397 e. The monoisotopic (exact) mass is 189 g/mol. The molecular weight excluding hydrogens is 172 g/mol. The highest BCUT2D eigenvalue weighted by Crippen LogP contribution is 2.17. The quantitative estimate of drug-likeness (QED) is 0.521. The average Bonchev–Trinajstić information content (AvgIpc) is 1.95. The Bertz CT molecular complexity index is 201. The maximum absolute atomic E-state index is 12.9. The van der Waals surface area contributed by atoms with Crippen LogP contribution >= 0.6 is 0 Å². The van der Waals surface area contributed by atoms with Crippen LogP contribution in [0.1, 0.15) is 33.1 Å². The highest BCUT2D eigenvalue weighted by molar-refractivity contribution is 5.17. The smallest absolute Gasteiger partial charge is 0.138 e. The lowest BCUT2D eigenvalue weighted by molar-refractivity contribution is 0.198. The molecule has 0 aliphatic heterocycles. The third-order valence-electron chi connectivity index (χ3n) is 1.65. The third kappa shape index (κ3) is 7.50. The van der Waals surface area contributed by atoms with Crippen LogP contribution in [0, 0.1) is 0 Å². The van der Waals surface area contributed by atoms with E-state index in [0.717, 1.165) is 0 Å². The summed E-state index contributed by atoms with van der Waals surface area (Å²) in [5.74, 6) is -0.625. The van der Waals surface area contributed by atoms with Gasteiger partial charge in [0.2, 0.25) is 0 Å². The molecule has 13 heavy (non-hydrogen) atoms. The summed E-state index contributed by atoms with van der Waals surface area (Å²) in [5, 5.41) is 0. The first-order chi connectivity index (χ1) is 5.83. The number of unbranched alkanes of at least 4 members (excludes halogenated alkanes) is 1. The van der Waals surface area contributed by atoms with Gasteiger partial charge in [-0.1, -0.05) is 12.7 Å². The molecule has 0 aliphatic carbocycles. The van der Waals surface area contributed by atoms with Crippen molar-refractivity contribution < 1.29 is 8.78 Å². The van der Waals surface area contributed by atoms with E-state index < -0.39 is 11.5 Å². The molecule has 0 aromatic heterocycles. The molecule has 0 radical (unpaired) electrons. The number of alkyl halides is 1. The average molecular weight is 189 g/mol. The summed E-state index contributed by atoms with van der Waals surface area (Å²) in [7, 11) is 0. The van der Waals surface area contributed by atoms with Crippen LogP contribution in [0.5, 0.6) is 0 Å². The molecule has 3 heteroatoms. The van der Waals surface area contributed by atoms with Crippen molar-refractivity contribution in [2.75, 3.05) is 0 Å². The first-order valence-corrected chi connectivity index (χ1v) is 4.32. The molecule has 0 amide bonds. The van der Waals surface area contributed by atoms with Crippen molar-refractivity contribution in [3.8, 4) is 0 Å². The van der Waals surface area contributed by atoms with E-state index >= 15 is 0 Å². The molecule has 0 spiro atoms. The summed E-state index contributed by atoms with van der Waals surface area (Å²) in [4.78, 5) is 0. The van der Waals surface area contributed by atoms with Gasteiger partial charge in [-0.05, 0) is 33.1 Å². The third-order valence-corrected chi connectivity index (χ3v) is 1.65. The fourth-order valence-corrected chi connectivity index (χ4v) is 0.891. The topological polar surface area (TPSA) is 26.0 Å². The molecule has 1 nitrogen and oxygen atoms in total. The second-order valence-electron chi connectivity index (χ2n) is 3.68. The largest absolute Gasteiger partial charge is 0.397 e. The van der Waals surface area contributed by atoms with E-state index in [1.807, 2.05) is 0 Å². The van der Waals surface area contributed by atoms with Gasteiger partial charge in [-0.15, -0.1) is 0 Å². The lowest BCUT2D eigenvalue weighted by atomic mass is 10.0. The maximum atomic E-state index is 12.9. The van der Waals surface area contributed by atoms with E-state index in [0.29, 0.717) is 19.3 Å². The first kappa shape index (κ1) is 12.1. The molecule has 76 valence electrons. The lowest BCUT2D eigenvalue weighted by Crippen LogP contribution is -2.10.